The molecule has 0 saturated carbocycles. The Labute approximate surface area is 108 Å². The van der Waals surface area contributed by atoms with Crippen LogP contribution < -0.4 is 5.32 Å². The third kappa shape index (κ3) is 4.59. The maximum Gasteiger partial charge on any atom is 0.0692 e. The van der Waals surface area contributed by atoms with E-state index in [4.69, 9.17) is 4.74 Å². The van der Waals surface area contributed by atoms with Gasteiger partial charge in [0.2, 0.25) is 0 Å². The Hall–Kier alpha value is -0.0800. The molecule has 2 nitrogen and oxygen atoms in total. The van der Waals surface area contributed by atoms with Crippen molar-refractivity contribution >= 4 is 0 Å². The fraction of sp³-hybridized carbons (Fsp3) is 1.00. The molecule has 1 N–H and O–H groups in total. The lowest BCUT2D eigenvalue weighted by atomic mass is 9.85. The highest BCUT2D eigenvalue weighted by molar-refractivity contribution is 4.88. The van der Waals surface area contributed by atoms with Crippen molar-refractivity contribution < 1.29 is 4.74 Å². The van der Waals surface area contributed by atoms with Crippen LogP contribution in [0.2, 0.25) is 0 Å². The van der Waals surface area contributed by atoms with Gasteiger partial charge in [0.25, 0.3) is 0 Å². The van der Waals surface area contributed by atoms with Crippen LogP contribution in [0.3, 0.4) is 0 Å². The summed E-state index contributed by atoms with van der Waals surface area (Å²) in [5.74, 6) is 0.806. The molecule has 1 aliphatic rings. The molecule has 17 heavy (non-hydrogen) atoms. The van der Waals surface area contributed by atoms with E-state index in [1.165, 1.54) is 32.2 Å². The quantitative estimate of drug-likeness (QED) is 0.733. The van der Waals surface area contributed by atoms with Gasteiger partial charge in [-0.2, -0.15) is 0 Å². The molecule has 1 heterocycles. The first-order valence-corrected chi connectivity index (χ1v) is 7.53. The average molecular weight is 241 g/mol. The fourth-order valence-corrected chi connectivity index (χ4v) is 2.91. The molecule has 1 aliphatic heterocycles. The number of ether oxygens (including phenoxy) is 1. The minimum Gasteiger partial charge on any atom is -0.375 e. The van der Waals surface area contributed by atoms with Gasteiger partial charge in [-0.25, -0.2) is 0 Å². The van der Waals surface area contributed by atoms with Gasteiger partial charge in [0.1, 0.15) is 0 Å². The molecule has 1 rings (SSSR count). The summed E-state index contributed by atoms with van der Waals surface area (Å²) in [6.45, 7) is 11.2. The van der Waals surface area contributed by atoms with E-state index in [1.54, 1.807) is 0 Å². The summed E-state index contributed by atoms with van der Waals surface area (Å²) in [6, 6.07) is 0.669. The van der Waals surface area contributed by atoms with Gasteiger partial charge in [-0.3, -0.25) is 0 Å². The molecule has 1 saturated heterocycles. The van der Waals surface area contributed by atoms with Crippen LogP contribution in [0.5, 0.6) is 0 Å². The first-order valence-electron chi connectivity index (χ1n) is 7.53. The van der Waals surface area contributed by atoms with Crippen molar-refractivity contribution in [2.75, 3.05) is 13.2 Å². The summed E-state index contributed by atoms with van der Waals surface area (Å²) in [5.41, 5.74) is 0.157. The van der Waals surface area contributed by atoms with Crippen molar-refractivity contribution in [3.8, 4) is 0 Å². The van der Waals surface area contributed by atoms with E-state index in [0.717, 1.165) is 25.4 Å². The SMILES string of the molecule is CCCC(C)CNC1CCOC(CC)(CC)C1. The molecule has 1 fully saturated rings. The van der Waals surface area contributed by atoms with Crippen molar-refractivity contribution in [3.63, 3.8) is 0 Å². The summed E-state index contributed by atoms with van der Waals surface area (Å²) in [4.78, 5) is 0. The maximum atomic E-state index is 6.01. The molecule has 0 aromatic rings. The molecular weight excluding hydrogens is 210 g/mol. The second-order valence-electron chi connectivity index (χ2n) is 5.73. The van der Waals surface area contributed by atoms with Crippen LogP contribution >= 0.6 is 0 Å². The highest BCUT2D eigenvalue weighted by Gasteiger charge is 2.34. The first kappa shape index (κ1) is 15.0. The zero-order valence-electron chi connectivity index (χ0n) is 12.2. The van der Waals surface area contributed by atoms with Crippen LogP contribution in [0.4, 0.5) is 0 Å². The van der Waals surface area contributed by atoms with Crippen LogP contribution in [-0.2, 0) is 4.74 Å². The second-order valence-corrected chi connectivity index (χ2v) is 5.73. The number of hydrogen-bond acceptors (Lipinski definition) is 2. The lowest BCUT2D eigenvalue weighted by Crippen LogP contribution is -2.47. The van der Waals surface area contributed by atoms with Crippen LogP contribution in [0.25, 0.3) is 0 Å². The topological polar surface area (TPSA) is 21.3 Å². The lowest BCUT2D eigenvalue weighted by Gasteiger charge is -2.40. The minimum atomic E-state index is 0.157. The molecule has 0 spiro atoms. The second kappa shape index (κ2) is 7.38. The molecule has 102 valence electrons. The summed E-state index contributed by atoms with van der Waals surface area (Å²) in [6.07, 6.45) is 7.30. The standard InChI is InChI=1S/C15H31NO/c1-5-8-13(4)12-16-14-9-10-17-15(6-2,7-3)11-14/h13-14,16H,5-12H2,1-4H3. The zero-order chi connectivity index (χ0) is 12.7. The normalized spacial score (nSPS) is 25.8. The fourth-order valence-electron chi connectivity index (χ4n) is 2.91. The summed E-state index contributed by atoms with van der Waals surface area (Å²) in [5, 5.41) is 3.75. The van der Waals surface area contributed by atoms with E-state index in [1.807, 2.05) is 0 Å². The molecule has 0 bridgehead atoms. The molecule has 0 amide bonds. The molecule has 2 unspecified atom stereocenters. The largest absolute Gasteiger partial charge is 0.375 e. The maximum absolute atomic E-state index is 6.01. The van der Waals surface area contributed by atoms with Crippen molar-refractivity contribution in [3.05, 3.63) is 0 Å². The first-order chi connectivity index (χ1) is 8.15. The van der Waals surface area contributed by atoms with Crippen molar-refractivity contribution in [2.24, 2.45) is 5.92 Å². The van der Waals surface area contributed by atoms with Crippen molar-refractivity contribution in [1.29, 1.82) is 0 Å². The van der Waals surface area contributed by atoms with E-state index in [9.17, 15) is 0 Å². The zero-order valence-corrected chi connectivity index (χ0v) is 12.2. The predicted molar refractivity (Wildman–Crippen MR) is 74.4 cm³/mol. The Balaban J connectivity index is 2.34. The molecule has 0 aromatic carbocycles. The van der Waals surface area contributed by atoms with Crippen LogP contribution in [-0.4, -0.2) is 24.8 Å². The molecule has 0 aliphatic carbocycles. The summed E-state index contributed by atoms with van der Waals surface area (Å²) >= 11 is 0. The van der Waals surface area contributed by atoms with E-state index in [-0.39, 0.29) is 5.60 Å². The molecule has 2 atom stereocenters. The van der Waals surface area contributed by atoms with Crippen molar-refractivity contribution in [1.82, 2.24) is 5.32 Å². The van der Waals surface area contributed by atoms with Gasteiger partial charge in [0, 0.05) is 12.6 Å². The Morgan fingerprint density at radius 1 is 1.29 bits per heavy atom. The van der Waals surface area contributed by atoms with E-state index in [2.05, 4.69) is 33.0 Å². The highest BCUT2D eigenvalue weighted by Crippen LogP contribution is 2.31. The van der Waals surface area contributed by atoms with Crippen LogP contribution in [0.15, 0.2) is 0 Å². The van der Waals surface area contributed by atoms with Crippen LogP contribution in [0, 0.1) is 5.92 Å². The average Bonchev–Trinajstić information content (AvgIpc) is 2.37. The third-order valence-corrected chi connectivity index (χ3v) is 4.32. The predicted octanol–water partition coefficient (Wildman–Crippen LogP) is 3.75. The summed E-state index contributed by atoms with van der Waals surface area (Å²) < 4.78 is 6.01. The summed E-state index contributed by atoms with van der Waals surface area (Å²) in [7, 11) is 0. The molecule has 0 radical (unpaired) electrons. The molecule has 2 heteroatoms. The number of hydrogen-bond donors (Lipinski definition) is 1. The van der Waals surface area contributed by atoms with E-state index < -0.39 is 0 Å². The van der Waals surface area contributed by atoms with Gasteiger partial charge in [-0.1, -0.05) is 34.1 Å². The Kier molecular flexibility index (Phi) is 6.50. The Morgan fingerprint density at radius 3 is 2.59 bits per heavy atom. The van der Waals surface area contributed by atoms with E-state index >= 15 is 0 Å². The number of rotatable bonds is 7. The Bertz CT molecular complexity index is 201. The smallest absolute Gasteiger partial charge is 0.0692 e. The number of nitrogens with one attached hydrogen (secondary N) is 1. The van der Waals surface area contributed by atoms with Gasteiger partial charge in [0.05, 0.1) is 5.60 Å². The third-order valence-electron chi connectivity index (χ3n) is 4.32. The van der Waals surface area contributed by atoms with Gasteiger partial charge in [-0.05, 0) is 44.6 Å². The van der Waals surface area contributed by atoms with Gasteiger partial charge in [0.15, 0.2) is 0 Å². The van der Waals surface area contributed by atoms with Crippen LogP contribution in [0.1, 0.15) is 66.2 Å². The van der Waals surface area contributed by atoms with Gasteiger partial charge < -0.3 is 10.1 Å². The highest BCUT2D eigenvalue weighted by atomic mass is 16.5. The van der Waals surface area contributed by atoms with E-state index in [0.29, 0.717) is 6.04 Å². The van der Waals surface area contributed by atoms with Gasteiger partial charge >= 0.3 is 0 Å². The molecular formula is C15H31NO. The monoisotopic (exact) mass is 241 g/mol. The molecule has 0 aromatic heterocycles. The minimum absolute atomic E-state index is 0.157. The lowest BCUT2D eigenvalue weighted by molar-refractivity contribution is -0.0932. The Morgan fingerprint density at radius 2 is 2.00 bits per heavy atom. The van der Waals surface area contributed by atoms with Crippen molar-refractivity contribution in [2.45, 2.75) is 77.9 Å². The van der Waals surface area contributed by atoms with Gasteiger partial charge in [-0.15, -0.1) is 0 Å².